The predicted molar refractivity (Wildman–Crippen MR) is 172 cm³/mol. The topological polar surface area (TPSA) is 0 Å². The van der Waals surface area contributed by atoms with E-state index < -0.39 is 5.41 Å². The van der Waals surface area contributed by atoms with Gasteiger partial charge in [0.1, 0.15) is 0 Å². The Morgan fingerprint density at radius 2 is 0.975 bits per heavy atom. The van der Waals surface area contributed by atoms with Crippen molar-refractivity contribution in [3.8, 4) is 22.3 Å². The van der Waals surface area contributed by atoms with Crippen molar-refractivity contribution in [1.82, 2.24) is 0 Å². The standard InChI is InChI=1S/C39H25Br/c40-32-13-8-12-31(25-32)39(37-17-5-3-14-34(37)35-15-4-6-18-38(35)39)30-21-19-26(20-22-30)33-16-7-11-29-23-27-9-1-2-10-28(27)24-36(29)33/h1-25H. The van der Waals surface area contributed by atoms with E-state index in [1.54, 1.807) is 0 Å². The first-order chi connectivity index (χ1) is 19.7. The van der Waals surface area contributed by atoms with E-state index in [0.717, 1.165) is 4.47 Å². The molecule has 0 heterocycles. The van der Waals surface area contributed by atoms with Gasteiger partial charge in [0, 0.05) is 4.47 Å². The van der Waals surface area contributed by atoms with Crippen LogP contribution in [0.3, 0.4) is 0 Å². The van der Waals surface area contributed by atoms with Crippen molar-refractivity contribution in [2.75, 3.05) is 0 Å². The maximum absolute atomic E-state index is 3.77. The van der Waals surface area contributed by atoms with Gasteiger partial charge < -0.3 is 0 Å². The van der Waals surface area contributed by atoms with Crippen LogP contribution in [-0.4, -0.2) is 0 Å². The lowest BCUT2D eigenvalue weighted by molar-refractivity contribution is 0.768. The Bertz CT molecular complexity index is 2020. The molecule has 0 aliphatic heterocycles. The van der Waals surface area contributed by atoms with E-state index >= 15 is 0 Å². The number of hydrogen-bond acceptors (Lipinski definition) is 0. The zero-order valence-corrected chi connectivity index (χ0v) is 23.4. The first kappa shape index (κ1) is 23.4. The lowest BCUT2D eigenvalue weighted by Crippen LogP contribution is -2.28. The Kier molecular flexibility index (Phi) is 5.30. The second kappa shape index (κ2) is 9.05. The quantitative estimate of drug-likeness (QED) is 0.185. The van der Waals surface area contributed by atoms with Gasteiger partial charge in [0.2, 0.25) is 0 Å². The smallest absolute Gasteiger partial charge is 0.0619 e. The Morgan fingerprint density at radius 3 is 1.68 bits per heavy atom. The maximum Gasteiger partial charge on any atom is 0.0713 e. The molecule has 0 atom stereocenters. The summed E-state index contributed by atoms with van der Waals surface area (Å²) in [6, 6.07) is 55.8. The molecule has 0 spiro atoms. The van der Waals surface area contributed by atoms with Crippen molar-refractivity contribution in [1.29, 1.82) is 0 Å². The fourth-order valence-corrected chi connectivity index (χ4v) is 7.26. The predicted octanol–water partition coefficient (Wildman–Crippen LogP) is 10.8. The van der Waals surface area contributed by atoms with E-state index in [-0.39, 0.29) is 0 Å². The van der Waals surface area contributed by atoms with Gasteiger partial charge in [-0.05, 0) is 90.3 Å². The minimum Gasteiger partial charge on any atom is -0.0619 e. The third kappa shape index (κ3) is 3.38. The van der Waals surface area contributed by atoms with Gasteiger partial charge >= 0.3 is 0 Å². The zero-order valence-electron chi connectivity index (χ0n) is 21.8. The van der Waals surface area contributed by atoms with Crippen molar-refractivity contribution in [3.63, 3.8) is 0 Å². The summed E-state index contributed by atoms with van der Waals surface area (Å²) in [4.78, 5) is 0. The van der Waals surface area contributed by atoms with Crippen molar-refractivity contribution < 1.29 is 0 Å². The highest BCUT2D eigenvalue weighted by Gasteiger charge is 2.45. The molecular formula is C39H25Br. The SMILES string of the molecule is Brc1cccc(C2(c3ccc(-c4cccc5cc6ccccc6cc45)cc3)c3ccccc3-c3ccccc32)c1. The largest absolute Gasteiger partial charge is 0.0713 e. The van der Waals surface area contributed by atoms with Gasteiger partial charge in [-0.3, -0.25) is 0 Å². The average molecular weight is 574 g/mol. The van der Waals surface area contributed by atoms with E-state index in [1.165, 1.54) is 66.1 Å². The van der Waals surface area contributed by atoms with Gasteiger partial charge in [0.15, 0.2) is 0 Å². The van der Waals surface area contributed by atoms with Crippen LogP contribution < -0.4 is 0 Å². The fourth-order valence-electron chi connectivity index (χ4n) is 6.86. The van der Waals surface area contributed by atoms with Crippen LogP contribution in [0.5, 0.6) is 0 Å². The second-order valence-corrected chi connectivity index (χ2v) is 11.6. The molecule has 0 nitrogen and oxygen atoms in total. The molecule has 0 aromatic heterocycles. The highest BCUT2D eigenvalue weighted by atomic mass is 79.9. The van der Waals surface area contributed by atoms with E-state index in [1.807, 2.05) is 0 Å². The summed E-state index contributed by atoms with van der Waals surface area (Å²) in [6.45, 7) is 0. The minimum atomic E-state index is -0.398. The molecule has 0 saturated carbocycles. The normalized spacial score (nSPS) is 13.3. The van der Waals surface area contributed by atoms with E-state index in [2.05, 4.69) is 168 Å². The highest BCUT2D eigenvalue weighted by Crippen LogP contribution is 2.56. The molecule has 1 heteroatoms. The van der Waals surface area contributed by atoms with Crippen molar-refractivity contribution in [2.24, 2.45) is 0 Å². The molecule has 0 fully saturated rings. The molecule has 0 radical (unpaired) electrons. The molecule has 0 N–H and O–H groups in total. The summed E-state index contributed by atoms with van der Waals surface area (Å²) in [5.41, 5.74) is 9.92. The monoisotopic (exact) mass is 572 g/mol. The third-order valence-corrected chi connectivity index (χ3v) is 9.08. The molecule has 7 aromatic rings. The summed E-state index contributed by atoms with van der Waals surface area (Å²) >= 11 is 3.77. The lowest BCUT2D eigenvalue weighted by Gasteiger charge is -2.34. The Labute approximate surface area is 242 Å². The number of hydrogen-bond donors (Lipinski definition) is 0. The van der Waals surface area contributed by atoms with Gasteiger partial charge in [0.25, 0.3) is 0 Å². The van der Waals surface area contributed by atoms with Gasteiger partial charge in [-0.25, -0.2) is 0 Å². The van der Waals surface area contributed by atoms with Crippen molar-refractivity contribution >= 4 is 37.5 Å². The molecule has 0 unspecified atom stereocenters. The first-order valence-electron chi connectivity index (χ1n) is 13.7. The molecule has 188 valence electrons. The molecule has 0 amide bonds. The number of halogens is 1. The van der Waals surface area contributed by atoms with E-state index in [0.29, 0.717) is 0 Å². The zero-order chi connectivity index (χ0) is 26.7. The van der Waals surface area contributed by atoms with Gasteiger partial charge in [-0.1, -0.05) is 143 Å². The summed E-state index contributed by atoms with van der Waals surface area (Å²) in [6.07, 6.45) is 0. The van der Waals surface area contributed by atoms with Crippen LogP contribution in [0.1, 0.15) is 22.3 Å². The molecule has 7 aromatic carbocycles. The van der Waals surface area contributed by atoms with E-state index in [4.69, 9.17) is 0 Å². The van der Waals surface area contributed by atoms with Gasteiger partial charge in [-0.2, -0.15) is 0 Å². The van der Waals surface area contributed by atoms with Crippen LogP contribution in [0, 0.1) is 0 Å². The molecular weight excluding hydrogens is 548 g/mol. The van der Waals surface area contributed by atoms with Crippen LogP contribution in [-0.2, 0) is 5.41 Å². The first-order valence-corrected chi connectivity index (χ1v) is 14.5. The van der Waals surface area contributed by atoms with Crippen LogP contribution in [0.25, 0.3) is 43.8 Å². The lowest BCUT2D eigenvalue weighted by atomic mass is 9.67. The van der Waals surface area contributed by atoms with Crippen LogP contribution in [0.2, 0.25) is 0 Å². The average Bonchev–Trinajstić information content (AvgIpc) is 3.31. The maximum atomic E-state index is 3.77. The molecule has 0 saturated heterocycles. The van der Waals surface area contributed by atoms with Crippen LogP contribution >= 0.6 is 15.9 Å². The molecule has 1 aliphatic carbocycles. The van der Waals surface area contributed by atoms with Crippen molar-refractivity contribution in [3.05, 3.63) is 178 Å². The molecule has 8 rings (SSSR count). The summed E-state index contributed by atoms with van der Waals surface area (Å²) in [5, 5.41) is 5.10. The summed E-state index contributed by atoms with van der Waals surface area (Å²) in [5.74, 6) is 0. The summed E-state index contributed by atoms with van der Waals surface area (Å²) in [7, 11) is 0. The van der Waals surface area contributed by atoms with Crippen LogP contribution in [0.15, 0.2) is 156 Å². The number of benzene rings is 7. The highest BCUT2D eigenvalue weighted by molar-refractivity contribution is 9.10. The summed E-state index contributed by atoms with van der Waals surface area (Å²) < 4.78 is 1.09. The van der Waals surface area contributed by atoms with Crippen molar-refractivity contribution in [2.45, 2.75) is 5.41 Å². The van der Waals surface area contributed by atoms with E-state index in [9.17, 15) is 0 Å². The Morgan fingerprint density at radius 1 is 0.400 bits per heavy atom. The third-order valence-electron chi connectivity index (χ3n) is 8.59. The Balaban J connectivity index is 1.36. The van der Waals surface area contributed by atoms with Gasteiger partial charge in [0.05, 0.1) is 5.41 Å². The number of fused-ring (bicyclic) bond motifs is 5. The number of rotatable bonds is 3. The van der Waals surface area contributed by atoms with Crippen LogP contribution in [0.4, 0.5) is 0 Å². The molecule has 0 bridgehead atoms. The van der Waals surface area contributed by atoms with Gasteiger partial charge in [-0.15, -0.1) is 0 Å². The molecule has 40 heavy (non-hydrogen) atoms. The second-order valence-electron chi connectivity index (χ2n) is 10.7. The Hall–Kier alpha value is -4.46. The fraction of sp³-hybridized carbons (Fsp3) is 0.0256. The minimum absolute atomic E-state index is 0.398. The molecule has 1 aliphatic rings.